The first-order valence-corrected chi connectivity index (χ1v) is 12.7. The van der Waals surface area contributed by atoms with Gasteiger partial charge in [0.15, 0.2) is 5.11 Å². The van der Waals surface area contributed by atoms with Gasteiger partial charge in [-0.2, -0.15) is 0 Å². The fourth-order valence-electron chi connectivity index (χ4n) is 3.68. The highest BCUT2D eigenvalue weighted by atomic mass is 35.5. The Balaban J connectivity index is 1.80. The molecule has 1 aliphatic rings. The van der Waals surface area contributed by atoms with Crippen molar-refractivity contribution in [2.45, 2.75) is 23.7 Å². The molecule has 34 heavy (non-hydrogen) atoms. The maximum Gasteiger partial charge on any atom is 0.267 e. The van der Waals surface area contributed by atoms with E-state index < -0.39 is 10.0 Å². The zero-order valence-electron chi connectivity index (χ0n) is 18.9. The first-order chi connectivity index (χ1) is 16.2. The van der Waals surface area contributed by atoms with E-state index in [9.17, 15) is 13.2 Å². The summed E-state index contributed by atoms with van der Waals surface area (Å²) in [6.07, 6.45) is 1.23. The van der Waals surface area contributed by atoms with Crippen molar-refractivity contribution in [3.05, 3.63) is 46.5 Å². The predicted octanol–water partition coefficient (Wildman–Crippen LogP) is 2.83. The molecule has 9 nitrogen and oxygen atoms in total. The van der Waals surface area contributed by atoms with Gasteiger partial charge in [0, 0.05) is 24.7 Å². The topological polar surface area (TPSA) is 115 Å². The molecule has 1 aliphatic heterocycles. The molecule has 1 atom stereocenters. The molecule has 0 bridgehead atoms. The number of methoxy groups -OCH3 is 2. The molecule has 2 aromatic carbocycles. The maximum absolute atomic E-state index is 12.9. The lowest BCUT2D eigenvalue weighted by molar-refractivity contribution is 0.0949. The number of sulfonamides is 1. The lowest BCUT2D eigenvalue weighted by atomic mass is 9.90. The van der Waals surface area contributed by atoms with Crippen molar-refractivity contribution in [1.82, 2.24) is 15.4 Å². The van der Waals surface area contributed by atoms with Gasteiger partial charge in [-0.05, 0) is 60.8 Å². The van der Waals surface area contributed by atoms with Crippen LogP contribution in [-0.4, -0.2) is 53.9 Å². The van der Waals surface area contributed by atoms with Crippen LogP contribution < -0.4 is 29.6 Å². The molecular formula is C22H26ClN3O6S2. The van der Waals surface area contributed by atoms with Gasteiger partial charge >= 0.3 is 0 Å². The van der Waals surface area contributed by atoms with Crippen LogP contribution in [0.5, 0.6) is 17.2 Å². The molecule has 3 N–H and O–H groups in total. The molecule has 2 aromatic rings. The number of benzene rings is 2. The highest BCUT2D eigenvalue weighted by molar-refractivity contribution is 7.92. The van der Waals surface area contributed by atoms with Crippen molar-refractivity contribution in [2.24, 2.45) is 0 Å². The molecular weight excluding hydrogens is 502 g/mol. The second-order valence-corrected chi connectivity index (χ2v) is 9.94. The molecule has 12 heteroatoms. The number of hydrogen-bond acceptors (Lipinski definition) is 7. The first kappa shape index (κ1) is 25.9. The molecule has 3 rings (SSSR count). The van der Waals surface area contributed by atoms with Gasteiger partial charge < -0.3 is 24.8 Å². The minimum atomic E-state index is -3.98. The lowest BCUT2D eigenvalue weighted by Crippen LogP contribution is -2.37. The van der Waals surface area contributed by atoms with Gasteiger partial charge in [-0.25, -0.2) is 8.42 Å². The van der Waals surface area contributed by atoms with Crippen molar-refractivity contribution in [1.29, 1.82) is 0 Å². The van der Waals surface area contributed by atoms with E-state index in [2.05, 4.69) is 15.4 Å². The maximum atomic E-state index is 12.9. The number of ether oxygens (including phenoxy) is 3. The molecule has 0 aliphatic carbocycles. The number of halogens is 1. The van der Waals surface area contributed by atoms with Crippen molar-refractivity contribution < 1.29 is 27.4 Å². The van der Waals surface area contributed by atoms with E-state index >= 15 is 0 Å². The normalized spacial score (nSPS) is 14.9. The van der Waals surface area contributed by atoms with Crippen molar-refractivity contribution in [3.8, 4) is 17.2 Å². The van der Waals surface area contributed by atoms with Gasteiger partial charge in [-0.1, -0.05) is 11.6 Å². The molecule has 184 valence electrons. The van der Waals surface area contributed by atoms with E-state index in [-0.39, 0.29) is 27.6 Å². The van der Waals surface area contributed by atoms with Crippen LogP contribution in [0, 0.1) is 0 Å². The SMILES string of the molecule is CNC(=S)NS(=O)(=O)c1cc2c(cc1OC)OCCC2CCNC(=O)c1cc(Cl)ccc1OC. The van der Waals surface area contributed by atoms with Gasteiger partial charge in [-0.3, -0.25) is 9.52 Å². The average Bonchev–Trinajstić information content (AvgIpc) is 2.82. The number of thiocarbonyl (C=S) groups is 1. The Hall–Kier alpha value is -2.76. The van der Waals surface area contributed by atoms with E-state index in [0.717, 1.165) is 5.56 Å². The minimum absolute atomic E-state index is 0.0354. The third-order valence-corrected chi connectivity index (χ3v) is 7.43. The molecule has 0 saturated heterocycles. The number of amides is 1. The first-order valence-electron chi connectivity index (χ1n) is 10.4. The van der Waals surface area contributed by atoms with Crippen LogP contribution in [0.25, 0.3) is 0 Å². The number of carbonyl (C=O) groups excluding carboxylic acids is 1. The average molecular weight is 528 g/mol. The van der Waals surface area contributed by atoms with Gasteiger partial charge in [0.25, 0.3) is 15.9 Å². The second-order valence-electron chi connectivity index (χ2n) is 7.45. The Bertz CT molecular complexity index is 1190. The Kier molecular flexibility index (Phi) is 8.45. The Morgan fingerprint density at radius 3 is 2.62 bits per heavy atom. The van der Waals surface area contributed by atoms with Crippen LogP contribution >= 0.6 is 23.8 Å². The third-order valence-electron chi connectivity index (χ3n) is 5.39. The highest BCUT2D eigenvalue weighted by Crippen LogP contribution is 2.41. The summed E-state index contributed by atoms with van der Waals surface area (Å²) in [6, 6.07) is 7.93. The van der Waals surface area contributed by atoms with Gasteiger partial charge in [0.05, 0.1) is 26.4 Å². The molecule has 0 radical (unpaired) electrons. The second kappa shape index (κ2) is 11.1. The van der Waals surface area contributed by atoms with Gasteiger partial charge in [-0.15, -0.1) is 0 Å². The summed E-state index contributed by atoms with van der Waals surface area (Å²) in [5.41, 5.74) is 1.06. The van der Waals surface area contributed by atoms with E-state index in [0.29, 0.717) is 48.1 Å². The van der Waals surface area contributed by atoms with E-state index in [1.165, 1.54) is 21.3 Å². The predicted molar refractivity (Wildman–Crippen MR) is 133 cm³/mol. The standard InChI is InChI=1S/C22H26ClN3O6S2/c1-24-22(33)26-34(28,29)20-11-15-13(7-9-32-18(15)12-19(20)31-3)6-8-25-21(27)16-10-14(23)4-5-17(16)30-2/h4-5,10-13H,6-9H2,1-3H3,(H,25,27)(H2,24,26,33). The molecule has 1 unspecified atom stereocenters. The number of fused-ring (bicyclic) bond motifs is 1. The van der Waals surface area contributed by atoms with Gasteiger partial charge in [0.2, 0.25) is 0 Å². The quantitative estimate of drug-likeness (QED) is 0.449. The van der Waals surface area contributed by atoms with Crippen molar-refractivity contribution >= 4 is 44.9 Å². The van der Waals surface area contributed by atoms with Crippen LogP contribution in [0.4, 0.5) is 0 Å². The number of carbonyl (C=O) groups is 1. The Morgan fingerprint density at radius 2 is 1.94 bits per heavy atom. The largest absolute Gasteiger partial charge is 0.496 e. The number of nitrogens with one attached hydrogen (secondary N) is 3. The fourth-order valence-corrected chi connectivity index (χ4v) is 5.32. The highest BCUT2D eigenvalue weighted by Gasteiger charge is 2.29. The summed E-state index contributed by atoms with van der Waals surface area (Å²) < 4.78 is 44.4. The fraction of sp³-hybridized carbons (Fsp3) is 0.364. The third kappa shape index (κ3) is 5.83. The van der Waals surface area contributed by atoms with Crippen LogP contribution in [0.3, 0.4) is 0 Å². The minimum Gasteiger partial charge on any atom is -0.496 e. The van der Waals surface area contributed by atoms with Gasteiger partial charge in [0.1, 0.15) is 22.1 Å². The Morgan fingerprint density at radius 1 is 1.21 bits per heavy atom. The lowest BCUT2D eigenvalue weighted by Gasteiger charge is -2.27. The Labute approximate surface area is 209 Å². The molecule has 0 fully saturated rings. The molecule has 0 spiro atoms. The number of rotatable bonds is 8. The molecule has 0 aromatic heterocycles. The molecule has 1 heterocycles. The monoisotopic (exact) mass is 527 g/mol. The van der Waals surface area contributed by atoms with Crippen LogP contribution in [0.1, 0.15) is 34.7 Å². The molecule has 1 amide bonds. The molecule has 0 saturated carbocycles. The van der Waals surface area contributed by atoms with Crippen molar-refractivity contribution in [2.75, 3.05) is 34.4 Å². The summed E-state index contributed by atoms with van der Waals surface area (Å²) in [4.78, 5) is 12.6. The number of hydrogen-bond donors (Lipinski definition) is 3. The van der Waals surface area contributed by atoms with Crippen LogP contribution in [0.15, 0.2) is 35.2 Å². The van der Waals surface area contributed by atoms with E-state index in [1.807, 2.05) is 0 Å². The van der Waals surface area contributed by atoms with Crippen LogP contribution in [-0.2, 0) is 10.0 Å². The smallest absolute Gasteiger partial charge is 0.267 e. The summed E-state index contributed by atoms with van der Waals surface area (Å²) in [5.74, 6) is 0.765. The summed E-state index contributed by atoms with van der Waals surface area (Å²) in [5, 5.41) is 5.86. The zero-order chi connectivity index (χ0) is 24.9. The van der Waals surface area contributed by atoms with E-state index in [1.54, 1.807) is 30.3 Å². The summed E-state index contributed by atoms with van der Waals surface area (Å²) in [7, 11) is 0.406. The summed E-state index contributed by atoms with van der Waals surface area (Å²) >= 11 is 11.0. The summed E-state index contributed by atoms with van der Waals surface area (Å²) in [6.45, 7) is 0.819. The van der Waals surface area contributed by atoms with Crippen molar-refractivity contribution in [3.63, 3.8) is 0 Å². The van der Waals surface area contributed by atoms with E-state index in [4.69, 9.17) is 38.0 Å². The van der Waals surface area contributed by atoms with Crippen LogP contribution in [0.2, 0.25) is 5.02 Å². The zero-order valence-corrected chi connectivity index (χ0v) is 21.3.